The molecular weight excluding hydrogens is 562 g/mol. The van der Waals surface area contributed by atoms with E-state index in [-0.39, 0.29) is 41.7 Å². The Kier molecular flexibility index (Phi) is 11.7. The van der Waals surface area contributed by atoms with Gasteiger partial charge in [-0.3, -0.25) is 24.1 Å². The number of ketones is 1. The number of nitrogens with two attached hydrogens (primary N) is 1. The van der Waals surface area contributed by atoms with Crippen LogP contribution in [0, 0.1) is 29.1 Å². The number of primary amides is 1. The van der Waals surface area contributed by atoms with Gasteiger partial charge in [0.05, 0.1) is 12.6 Å². The van der Waals surface area contributed by atoms with E-state index in [1.807, 2.05) is 0 Å². The van der Waals surface area contributed by atoms with Gasteiger partial charge < -0.3 is 31.9 Å². The van der Waals surface area contributed by atoms with Crippen LogP contribution in [0.5, 0.6) is 0 Å². The van der Waals surface area contributed by atoms with Gasteiger partial charge in [-0.05, 0) is 54.8 Å². The molecule has 0 aromatic carbocycles. The molecule has 4 atom stereocenters. The number of piperazine rings is 1. The van der Waals surface area contributed by atoms with Gasteiger partial charge in [0.25, 0.3) is 5.91 Å². The maximum atomic E-state index is 13.7. The van der Waals surface area contributed by atoms with Gasteiger partial charge in [0.15, 0.2) is 0 Å². The first-order valence-electron chi connectivity index (χ1n) is 16.8. The Bertz CT molecular complexity index is 1050. The number of nitrogens with one attached hydrogen (secondary N) is 4. The fourth-order valence-corrected chi connectivity index (χ4v) is 7.19. The second-order valence-electron chi connectivity index (χ2n) is 14.5. The molecule has 0 aromatic rings. The van der Waals surface area contributed by atoms with Crippen molar-refractivity contribution >= 4 is 29.5 Å². The van der Waals surface area contributed by atoms with Crippen molar-refractivity contribution in [3.05, 3.63) is 0 Å². The van der Waals surface area contributed by atoms with Crippen LogP contribution in [-0.4, -0.2) is 103 Å². The minimum absolute atomic E-state index is 0.0700. The number of urea groups is 1. The summed E-state index contributed by atoms with van der Waals surface area (Å²) in [5.74, 6) is -1.56. The number of rotatable bonds is 14. The molecule has 4 fully saturated rings. The summed E-state index contributed by atoms with van der Waals surface area (Å²) < 4.78 is 0. The molecule has 0 bridgehead atoms. The summed E-state index contributed by atoms with van der Waals surface area (Å²) in [6.45, 7) is 13.2. The SMILES string of the molecule is CC(C)[C@@H](CN1CCNCC1)NC(=O)NCC(=O)N1C[C@@H](C(C)(C)C2CCC2)C[C@H]1C(=O)NC(CC1CCC1)C(=O)C(N)=O. The van der Waals surface area contributed by atoms with Crippen LogP contribution < -0.4 is 27.0 Å². The molecule has 4 rings (SSSR count). The van der Waals surface area contributed by atoms with Gasteiger partial charge in [-0.25, -0.2) is 4.79 Å². The van der Waals surface area contributed by atoms with Crippen LogP contribution in [-0.2, 0) is 19.2 Å². The predicted octanol–water partition coefficient (Wildman–Crippen LogP) is 0.988. The molecule has 0 aromatic heterocycles. The number of hydrogen-bond acceptors (Lipinski definition) is 7. The third kappa shape index (κ3) is 8.50. The van der Waals surface area contributed by atoms with Crippen molar-refractivity contribution in [3.63, 3.8) is 0 Å². The monoisotopic (exact) mass is 617 g/mol. The second kappa shape index (κ2) is 15.0. The fraction of sp³-hybridized carbons (Fsp3) is 0.844. The molecule has 2 saturated carbocycles. The van der Waals surface area contributed by atoms with E-state index in [1.54, 1.807) is 4.90 Å². The van der Waals surface area contributed by atoms with E-state index in [1.165, 1.54) is 6.42 Å². The van der Waals surface area contributed by atoms with Crippen LogP contribution in [0.1, 0.15) is 79.1 Å². The largest absolute Gasteiger partial charge is 0.363 e. The lowest BCUT2D eigenvalue weighted by Crippen LogP contribution is -2.56. The zero-order valence-corrected chi connectivity index (χ0v) is 27.2. The van der Waals surface area contributed by atoms with E-state index < -0.39 is 35.7 Å². The summed E-state index contributed by atoms with van der Waals surface area (Å²) in [6.07, 6.45) is 7.26. The topological polar surface area (TPSA) is 166 Å². The molecule has 2 aliphatic heterocycles. The molecule has 2 saturated heterocycles. The van der Waals surface area contributed by atoms with Gasteiger partial charge in [0.1, 0.15) is 6.04 Å². The Morgan fingerprint density at radius 3 is 2.16 bits per heavy atom. The first-order valence-corrected chi connectivity index (χ1v) is 16.8. The first kappa shape index (κ1) is 34.1. The van der Waals surface area contributed by atoms with Gasteiger partial charge in [-0.2, -0.15) is 0 Å². The molecule has 1 unspecified atom stereocenters. The molecule has 248 valence electrons. The first-order chi connectivity index (χ1) is 20.9. The molecule has 12 nitrogen and oxygen atoms in total. The average molecular weight is 618 g/mol. The lowest BCUT2D eigenvalue weighted by atomic mass is 9.61. The van der Waals surface area contributed by atoms with E-state index in [0.717, 1.165) is 64.8 Å². The van der Waals surface area contributed by atoms with Crippen molar-refractivity contribution in [3.8, 4) is 0 Å². The highest BCUT2D eigenvalue weighted by atomic mass is 16.2. The van der Waals surface area contributed by atoms with E-state index in [0.29, 0.717) is 25.3 Å². The lowest BCUT2D eigenvalue weighted by Gasteiger charge is -2.44. The van der Waals surface area contributed by atoms with Gasteiger partial charge in [0.2, 0.25) is 17.6 Å². The minimum Gasteiger partial charge on any atom is -0.363 e. The Hall–Kier alpha value is -2.73. The number of amides is 5. The highest BCUT2D eigenvalue weighted by Gasteiger charge is 2.49. The number of carbonyl (C=O) groups excluding carboxylic acids is 5. The molecule has 6 N–H and O–H groups in total. The lowest BCUT2D eigenvalue weighted by molar-refractivity contribution is -0.141. The van der Waals surface area contributed by atoms with Crippen LogP contribution in [0.4, 0.5) is 4.79 Å². The second-order valence-corrected chi connectivity index (χ2v) is 14.5. The Balaban J connectivity index is 1.41. The number of likely N-dealkylation sites (tertiary alicyclic amines) is 1. The van der Waals surface area contributed by atoms with Crippen LogP contribution >= 0.6 is 0 Å². The van der Waals surface area contributed by atoms with E-state index in [2.05, 4.69) is 53.9 Å². The third-order valence-electron chi connectivity index (χ3n) is 11.0. The minimum atomic E-state index is -1.06. The van der Waals surface area contributed by atoms with Crippen molar-refractivity contribution in [2.75, 3.05) is 45.8 Å². The smallest absolute Gasteiger partial charge is 0.315 e. The Morgan fingerprint density at radius 2 is 1.61 bits per heavy atom. The Morgan fingerprint density at radius 1 is 0.955 bits per heavy atom. The van der Waals surface area contributed by atoms with Gasteiger partial charge in [0, 0.05) is 45.3 Å². The van der Waals surface area contributed by atoms with Crippen LogP contribution in [0.15, 0.2) is 0 Å². The Labute approximate surface area is 262 Å². The maximum Gasteiger partial charge on any atom is 0.315 e. The summed E-state index contributed by atoms with van der Waals surface area (Å²) in [5, 5.41) is 11.9. The van der Waals surface area contributed by atoms with Gasteiger partial charge >= 0.3 is 6.03 Å². The summed E-state index contributed by atoms with van der Waals surface area (Å²) in [5.41, 5.74) is 5.26. The van der Waals surface area contributed by atoms with Crippen LogP contribution in [0.2, 0.25) is 0 Å². The summed E-state index contributed by atoms with van der Waals surface area (Å²) >= 11 is 0. The highest BCUT2D eigenvalue weighted by molar-refractivity contribution is 6.37. The fourth-order valence-electron chi connectivity index (χ4n) is 7.19. The van der Waals surface area contributed by atoms with E-state index in [9.17, 15) is 24.0 Å². The van der Waals surface area contributed by atoms with Crippen molar-refractivity contribution in [1.29, 1.82) is 0 Å². The maximum absolute atomic E-state index is 13.7. The number of carbonyl (C=O) groups is 5. The normalized spacial score (nSPS) is 24.6. The molecule has 4 aliphatic rings. The van der Waals surface area contributed by atoms with E-state index in [4.69, 9.17) is 5.73 Å². The standard InChI is InChI=1S/C32H55N7O5/c1-20(2)25(19-38-13-11-34-12-14-38)37-31(44)35-17-27(40)39-18-23(32(3,4)22-9-6-10-22)16-26(39)30(43)36-24(28(41)29(33)42)15-21-7-5-8-21/h20-26,34H,5-19H2,1-4H3,(H2,33,42)(H,36,43)(H2,35,37,44)/t23-,24?,25+,26-/m0/s1. The molecule has 5 amide bonds. The van der Waals surface area contributed by atoms with Crippen molar-refractivity contribution < 1.29 is 24.0 Å². The zero-order chi connectivity index (χ0) is 32.0. The summed E-state index contributed by atoms with van der Waals surface area (Å²) in [7, 11) is 0. The van der Waals surface area contributed by atoms with Crippen LogP contribution in [0.25, 0.3) is 0 Å². The molecule has 44 heavy (non-hydrogen) atoms. The van der Waals surface area contributed by atoms with Gasteiger partial charge in [-0.15, -0.1) is 0 Å². The summed E-state index contributed by atoms with van der Waals surface area (Å²) in [4.78, 5) is 68.6. The third-order valence-corrected chi connectivity index (χ3v) is 11.0. The average Bonchev–Trinajstić information content (AvgIpc) is 3.38. The number of nitrogens with zero attached hydrogens (tertiary/aromatic N) is 2. The number of hydrogen-bond donors (Lipinski definition) is 5. The van der Waals surface area contributed by atoms with Crippen molar-refractivity contribution in [2.24, 2.45) is 34.8 Å². The van der Waals surface area contributed by atoms with Gasteiger partial charge in [-0.1, -0.05) is 53.4 Å². The number of Topliss-reactive ketones (excluding diaryl/α,β-unsaturated/α-hetero) is 1. The van der Waals surface area contributed by atoms with Crippen LogP contribution in [0.3, 0.4) is 0 Å². The molecule has 2 aliphatic carbocycles. The van der Waals surface area contributed by atoms with Crippen molar-refractivity contribution in [1.82, 2.24) is 31.1 Å². The molecule has 2 heterocycles. The van der Waals surface area contributed by atoms with E-state index >= 15 is 0 Å². The predicted molar refractivity (Wildman–Crippen MR) is 167 cm³/mol. The highest BCUT2D eigenvalue weighted by Crippen LogP contribution is 2.50. The molecular formula is C32H55N7O5. The quantitative estimate of drug-likeness (QED) is 0.181. The zero-order valence-electron chi connectivity index (χ0n) is 27.2. The van der Waals surface area contributed by atoms with Crippen molar-refractivity contribution in [2.45, 2.75) is 97.2 Å². The molecule has 0 radical (unpaired) electrons. The molecule has 0 spiro atoms. The summed E-state index contributed by atoms with van der Waals surface area (Å²) in [6, 6.07) is -2.27. The molecule has 12 heteroatoms.